The molecule has 86 valence electrons. The number of carboxylic acids is 1. The Hall–Kier alpha value is -2.18. The van der Waals surface area contributed by atoms with Gasteiger partial charge in [-0.25, -0.2) is 14.8 Å². The van der Waals surface area contributed by atoms with Crippen LogP contribution in [-0.4, -0.2) is 33.5 Å². The minimum Gasteiger partial charge on any atom is -0.476 e. The molecule has 0 saturated carbocycles. The maximum atomic E-state index is 10.5. The molecule has 0 aromatic carbocycles. The Morgan fingerprint density at radius 2 is 2.12 bits per heavy atom. The van der Waals surface area contributed by atoms with E-state index < -0.39 is 5.97 Å². The summed E-state index contributed by atoms with van der Waals surface area (Å²) >= 11 is 0. The normalized spacial score (nSPS) is 9.75. The highest BCUT2D eigenvalue weighted by Gasteiger charge is 2.04. The molecule has 1 heterocycles. The second-order valence-corrected chi connectivity index (χ2v) is 3.09. The molecule has 0 aliphatic heterocycles. The number of carboxylic acid groups (broad SMARTS) is 1. The standard InChI is InChI=1S/C9H12N4O3/c10-7(14)2-1-3-11-8-5-12-6(4-13-8)9(15)16/h4-5H,1-3H2,(H2,10,14)(H,11,13)(H,15,16). The lowest BCUT2D eigenvalue weighted by molar-refractivity contribution is -0.118. The van der Waals surface area contributed by atoms with Gasteiger partial charge in [0, 0.05) is 13.0 Å². The van der Waals surface area contributed by atoms with Crippen LogP contribution >= 0.6 is 0 Å². The Labute approximate surface area is 91.7 Å². The molecule has 0 aliphatic carbocycles. The minimum absolute atomic E-state index is 0.109. The van der Waals surface area contributed by atoms with Crippen LogP contribution in [0.1, 0.15) is 23.3 Å². The molecule has 0 bridgehead atoms. The Morgan fingerprint density at radius 1 is 1.38 bits per heavy atom. The van der Waals surface area contributed by atoms with Crippen molar-refractivity contribution in [3.05, 3.63) is 18.1 Å². The molecule has 7 heteroatoms. The van der Waals surface area contributed by atoms with Crippen molar-refractivity contribution in [2.24, 2.45) is 5.73 Å². The van der Waals surface area contributed by atoms with Gasteiger partial charge in [0.15, 0.2) is 5.69 Å². The molecule has 0 aliphatic rings. The lowest BCUT2D eigenvalue weighted by Gasteiger charge is -2.03. The maximum Gasteiger partial charge on any atom is 0.356 e. The SMILES string of the molecule is NC(=O)CCCNc1cnc(C(=O)O)cn1. The molecule has 1 aromatic rings. The van der Waals surface area contributed by atoms with E-state index in [1.807, 2.05) is 0 Å². The van der Waals surface area contributed by atoms with E-state index >= 15 is 0 Å². The highest BCUT2D eigenvalue weighted by Crippen LogP contribution is 2.01. The van der Waals surface area contributed by atoms with Crippen molar-refractivity contribution in [3.8, 4) is 0 Å². The van der Waals surface area contributed by atoms with Gasteiger partial charge < -0.3 is 16.2 Å². The number of rotatable bonds is 6. The molecule has 1 amide bonds. The van der Waals surface area contributed by atoms with E-state index in [0.29, 0.717) is 25.2 Å². The van der Waals surface area contributed by atoms with Crippen molar-refractivity contribution in [2.75, 3.05) is 11.9 Å². The highest BCUT2D eigenvalue weighted by molar-refractivity contribution is 5.84. The number of nitrogens with two attached hydrogens (primary N) is 1. The molecule has 1 aromatic heterocycles. The summed E-state index contributed by atoms with van der Waals surface area (Å²) in [6.07, 6.45) is 3.39. The first-order valence-corrected chi connectivity index (χ1v) is 4.67. The van der Waals surface area contributed by atoms with Crippen LogP contribution in [0.15, 0.2) is 12.4 Å². The summed E-state index contributed by atoms with van der Waals surface area (Å²) in [7, 11) is 0. The molecule has 0 radical (unpaired) electrons. The van der Waals surface area contributed by atoms with Gasteiger partial charge in [0.25, 0.3) is 0 Å². The number of primary amides is 1. The summed E-state index contributed by atoms with van der Waals surface area (Å²) in [5.41, 5.74) is 4.86. The van der Waals surface area contributed by atoms with Crippen LogP contribution in [0, 0.1) is 0 Å². The van der Waals surface area contributed by atoms with Crippen molar-refractivity contribution >= 4 is 17.7 Å². The van der Waals surface area contributed by atoms with Crippen LogP contribution in [-0.2, 0) is 4.79 Å². The van der Waals surface area contributed by atoms with Gasteiger partial charge in [0.1, 0.15) is 5.82 Å². The van der Waals surface area contributed by atoms with Gasteiger partial charge >= 0.3 is 5.97 Å². The van der Waals surface area contributed by atoms with Gasteiger partial charge in [0.05, 0.1) is 12.4 Å². The maximum absolute atomic E-state index is 10.5. The quantitative estimate of drug-likeness (QED) is 0.578. The zero-order valence-electron chi connectivity index (χ0n) is 8.51. The van der Waals surface area contributed by atoms with Crippen LogP contribution in [0.4, 0.5) is 5.82 Å². The lowest BCUT2D eigenvalue weighted by Crippen LogP contribution is -2.13. The average Bonchev–Trinajstić information content (AvgIpc) is 2.25. The predicted molar refractivity (Wildman–Crippen MR) is 55.9 cm³/mol. The monoisotopic (exact) mass is 224 g/mol. The first-order valence-electron chi connectivity index (χ1n) is 4.67. The Morgan fingerprint density at radius 3 is 2.62 bits per heavy atom. The molecule has 1 rings (SSSR count). The van der Waals surface area contributed by atoms with Crippen LogP contribution in [0.3, 0.4) is 0 Å². The van der Waals surface area contributed by atoms with E-state index in [9.17, 15) is 9.59 Å². The molecule has 4 N–H and O–H groups in total. The third-order valence-electron chi connectivity index (χ3n) is 1.78. The summed E-state index contributed by atoms with van der Waals surface area (Å²) in [5.74, 6) is -1.00. The number of nitrogens with one attached hydrogen (secondary N) is 1. The molecular weight excluding hydrogens is 212 g/mol. The van der Waals surface area contributed by atoms with E-state index in [2.05, 4.69) is 15.3 Å². The second kappa shape index (κ2) is 5.64. The minimum atomic E-state index is -1.12. The summed E-state index contributed by atoms with van der Waals surface area (Å²) in [4.78, 5) is 28.4. The number of carbonyl (C=O) groups is 2. The lowest BCUT2D eigenvalue weighted by atomic mass is 10.3. The fourth-order valence-electron chi connectivity index (χ4n) is 1.01. The molecule has 0 unspecified atom stereocenters. The van der Waals surface area contributed by atoms with Crippen molar-refractivity contribution < 1.29 is 14.7 Å². The van der Waals surface area contributed by atoms with Crippen LogP contribution < -0.4 is 11.1 Å². The number of amides is 1. The number of carbonyl (C=O) groups excluding carboxylic acids is 1. The summed E-state index contributed by atoms with van der Waals surface area (Å²) in [6, 6.07) is 0. The topological polar surface area (TPSA) is 118 Å². The van der Waals surface area contributed by atoms with Crippen LogP contribution in [0.2, 0.25) is 0 Å². The van der Waals surface area contributed by atoms with Gasteiger partial charge in [-0.15, -0.1) is 0 Å². The third kappa shape index (κ3) is 3.91. The Bertz CT molecular complexity index is 377. The van der Waals surface area contributed by atoms with Gasteiger partial charge in [-0.2, -0.15) is 0 Å². The summed E-state index contributed by atoms with van der Waals surface area (Å²) < 4.78 is 0. The molecular formula is C9H12N4O3. The van der Waals surface area contributed by atoms with Gasteiger partial charge in [-0.3, -0.25) is 4.79 Å². The van der Waals surface area contributed by atoms with Crippen LogP contribution in [0.5, 0.6) is 0 Å². The summed E-state index contributed by atoms with van der Waals surface area (Å²) in [5, 5.41) is 11.5. The van der Waals surface area contributed by atoms with Gasteiger partial charge in [-0.1, -0.05) is 0 Å². The molecule has 0 spiro atoms. The highest BCUT2D eigenvalue weighted by atomic mass is 16.4. The van der Waals surface area contributed by atoms with Crippen molar-refractivity contribution in [1.82, 2.24) is 9.97 Å². The number of hydrogen-bond donors (Lipinski definition) is 3. The van der Waals surface area contributed by atoms with Gasteiger partial charge in [-0.05, 0) is 6.42 Å². The van der Waals surface area contributed by atoms with Crippen molar-refractivity contribution in [3.63, 3.8) is 0 Å². The fourth-order valence-corrected chi connectivity index (χ4v) is 1.01. The van der Waals surface area contributed by atoms with E-state index in [-0.39, 0.29) is 11.6 Å². The molecule has 7 nitrogen and oxygen atoms in total. The van der Waals surface area contributed by atoms with E-state index in [0.717, 1.165) is 0 Å². The largest absolute Gasteiger partial charge is 0.476 e. The Balaban J connectivity index is 2.38. The molecule has 16 heavy (non-hydrogen) atoms. The second-order valence-electron chi connectivity index (χ2n) is 3.09. The smallest absolute Gasteiger partial charge is 0.356 e. The van der Waals surface area contributed by atoms with Gasteiger partial charge in [0.2, 0.25) is 5.91 Å². The summed E-state index contributed by atoms with van der Waals surface area (Å²) in [6.45, 7) is 0.532. The molecule has 0 atom stereocenters. The Kier molecular flexibility index (Phi) is 4.19. The van der Waals surface area contributed by atoms with Crippen molar-refractivity contribution in [1.29, 1.82) is 0 Å². The number of hydrogen-bond acceptors (Lipinski definition) is 5. The number of nitrogens with zero attached hydrogens (tertiary/aromatic N) is 2. The molecule has 0 saturated heterocycles. The number of aromatic nitrogens is 2. The first-order chi connectivity index (χ1) is 7.59. The van der Waals surface area contributed by atoms with Crippen molar-refractivity contribution in [2.45, 2.75) is 12.8 Å². The van der Waals surface area contributed by atoms with E-state index in [1.165, 1.54) is 12.4 Å². The molecule has 0 fully saturated rings. The third-order valence-corrected chi connectivity index (χ3v) is 1.78. The number of anilines is 1. The van der Waals surface area contributed by atoms with Crippen LogP contribution in [0.25, 0.3) is 0 Å². The predicted octanol–water partition coefficient (Wildman–Crippen LogP) is -0.148. The average molecular weight is 224 g/mol. The zero-order chi connectivity index (χ0) is 12.0. The zero-order valence-corrected chi connectivity index (χ0v) is 8.51. The fraction of sp³-hybridized carbons (Fsp3) is 0.333. The number of aromatic carboxylic acids is 1. The van der Waals surface area contributed by atoms with E-state index in [1.54, 1.807) is 0 Å². The first kappa shape index (κ1) is 11.9. The van der Waals surface area contributed by atoms with E-state index in [4.69, 9.17) is 10.8 Å².